The van der Waals surface area contributed by atoms with Crippen LogP contribution in [0.5, 0.6) is 0 Å². The second-order valence-corrected chi connectivity index (χ2v) is 6.05. The van der Waals surface area contributed by atoms with Crippen LogP contribution in [0.3, 0.4) is 0 Å². The zero-order valence-corrected chi connectivity index (χ0v) is 12.9. The van der Waals surface area contributed by atoms with Gasteiger partial charge in [-0.25, -0.2) is 0 Å². The molecule has 0 bridgehead atoms. The number of azide groups is 1. The molecule has 0 saturated carbocycles. The minimum atomic E-state index is -0.235. The lowest BCUT2D eigenvalue weighted by molar-refractivity contribution is -0.0762. The number of hydrogen-bond acceptors (Lipinski definition) is 4. The van der Waals surface area contributed by atoms with Gasteiger partial charge in [-0.3, -0.25) is 0 Å². The van der Waals surface area contributed by atoms with Gasteiger partial charge in [-0.05, 0) is 44.1 Å². The molecule has 1 N–H and O–H groups in total. The highest BCUT2D eigenvalue weighted by Gasteiger charge is 2.24. The first-order valence-electron chi connectivity index (χ1n) is 7.39. The van der Waals surface area contributed by atoms with Crippen molar-refractivity contribution in [2.75, 3.05) is 13.2 Å². The monoisotopic (exact) mass is 317 g/mol. The maximum absolute atomic E-state index is 9.17. The van der Waals surface area contributed by atoms with Crippen molar-refractivity contribution in [3.63, 3.8) is 0 Å². The van der Waals surface area contributed by atoms with Gasteiger partial charge in [0.1, 0.15) is 0 Å². The molecule has 2 fully saturated rings. The Morgan fingerprint density at radius 1 is 0.955 bits per heavy atom. The Balaban J connectivity index is 0. The molecule has 2 aliphatic rings. The third-order valence-corrected chi connectivity index (χ3v) is 4.02. The maximum atomic E-state index is 9.17. The summed E-state index contributed by atoms with van der Waals surface area (Å²) in [5.74, 6) is 0.864. The van der Waals surface area contributed by atoms with Crippen molar-refractivity contribution in [1.29, 1.82) is 0 Å². The number of aliphatic hydroxyl groups excluding tert-OH is 1. The van der Waals surface area contributed by atoms with Crippen LogP contribution in [0.4, 0.5) is 0 Å². The summed E-state index contributed by atoms with van der Waals surface area (Å²) in [4.78, 5) is 2.78. The summed E-state index contributed by atoms with van der Waals surface area (Å²) >= 11 is 0. The van der Waals surface area contributed by atoms with Gasteiger partial charge < -0.3 is 14.6 Å². The zero-order valence-electron chi connectivity index (χ0n) is 12.9. The fraction of sp³-hybridized carbons (Fsp3) is 1.00. The molecule has 0 spiro atoms. The van der Waals surface area contributed by atoms with Gasteiger partial charge in [-0.15, -0.1) is 0 Å². The van der Waals surface area contributed by atoms with Crippen molar-refractivity contribution in [2.24, 2.45) is 17.0 Å². The highest BCUT2D eigenvalue weighted by Crippen LogP contribution is 2.22. The van der Waals surface area contributed by atoms with Crippen LogP contribution in [0.15, 0.2) is 5.11 Å². The fourth-order valence-electron chi connectivity index (χ4n) is 2.57. The molecule has 0 aromatic rings. The van der Waals surface area contributed by atoms with Crippen LogP contribution < -0.4 is 0 Å². The highest BCUT2D eigenvalue weighted by molar-refractivity contribution is 4.79. The number of ether oxygens (including phenoxy) is 2. The first-order chi connectivity index (χ1) is 9.43. The van der Waals surface area contributed by atoms with Crippen LogP contribution in [0, 0.1) is 11.8 Å². The standard InChI is InChI=1S/C7H13N3O.C7H14O2.2CH4/c1-5-3-6(2)11-4-7(5)9-10-8;1-5-3-6(2)9-4-7(5)8;;/h5-7H,3-4H2,1-2H3;5-8H,3-4H2,1-2H3;2*1H4/t5-,6-,7+;5-,6-,7-;;/m00../s1. The molecule has 6 heteroatoms. The van der Waals surface area contributed by atoms with E-state index in [0.717, 1.165) is 12.8 Å². The van der Waals surface area contributed by atoms with Gasteiger partial charge in [-0.1, -0.05) is 33.8 Å². The molecule has 6 atom stereocenters. The van der Waals surface area contributed by atoms with Gasteiger partial charge in [0.15, 0.2) is 0 Å². The molecule has 2 rings (SSSR count). The van der Waals surface area contributed by atoms with Crippen LogP contribution in [-0.2, 0) is 9.47 Å². The summed E-state index contributed by atoms with van der Waals surface area (Å²) in [6.07, 6.45) is 2.39. The number of rotatable bonds is 1. The number of hydrogen-bond donors (Lipinski definition) is 1. The van der Waals surface area contributed by atoms with E-state index >= 15 is 0 Å². The minimum Gasteiger partial charge on any atom is -0.390 e. The van der Waals surface area contributed by atoms with Crippen LogP contribution in [0.25, 0.3) is 10.4 Å². The summed E-state index contributed by atoms with van der Waals surface area (Å²) < 4.78 is 10.6. The third kappa shape index (κ3) is 7.99. The van der Waals surface area contributed by atoms with E-state index < -0.39 is 0 Å². The van der Waals surface area contributed by atoms with E-state index in [1.807, 2.05) is 13.8 Å². The lowest BCUT2D eigenvalue weighted by Crippen LogP contribution is -2.34. The van der Waals surface area contributed by atoms with Crippen molar-refractivity contribution in [3.8, 4) is 0 Å². The smallest absolute Gasteiger partial charge is 0.0800 e. The summed E-state index contributed by atoms with van der Waals surface area (Å²) in [5.41, 5.74) is 8.20. The van der Waals surface area contributed by atoms with Crippen molar-refractivity contribution >= 4 is 0 Å². The maximum Gasteiger partial charge on any atom is 0.0800 e. The summed E-state index contributed by atoms with van der Waals surface area (Å²) in [5, 5.41) is 12.8. The Morgan fingerprint density at radius 2 is 1.45 bits per heavy atom. The molecule has 0 amide bonds. The first kappa shape index (κ1) is 23.5. The quantitative estimate of drug-likeness (QED) is 0.447. The van der Waals surface area contributed by atoms with Gasteiger partial charge in [-0.2, -0.15) is 0 Å². The second-order valence-electron chi connectivity index (χ2n) is 6.05. The van der Waals surface area contributed by atoms with Crippen LogP contribution in [-0.4, -0.2) is 42.7 Å². The molecule has 0 aromatic heterocycles. The molecule has 2 saturated heterocycles. The van der Waals surface area contributed by atoms with Crippen molar-refractivity contribution in [1.82, 2.24) is 0 Å². The lowest BCUT2D eigenvalue weighted by Gasteiger charge is -2.29. The second kappa shape index (κ2) is 11.7. The number of aliphatic hydroxyl groups is 1. The van der Waals surface area contributed by atoms with E-state index in [4.69, 9.17) is 15.0 Å². The predicted octanol–water partition coefficient (Wildman–Crippen LogP) is 4.17. The van der Waals surface area contributed by atoms with Gasteiger partial charge >= 0.3 is 0 Å². The van der Waals surface area contributed by atoms with Crippen molar-refractivity contribution in [3.05, 3.63) is 10.4 Å². The van der Waals surface area contributed by atoms with Gasteiger partial charge in [0.25, 0.3) is 0 Å². The van der Waals surface area contributed by atoms with E-state index in [0.29, 0.717) is 37.3 Å². The molecular weight excluding hydrogens is 282 g/mol. The molecule has 0 unspecified atom stereocenters. The summed E-state index contributed by atoms with van der Waals surface area (Å²) in [7, 11) is 0. The van der Waals surface area contributed by atoms with Gasteiger partial charge in [0.2, 0.25) is 0 Å². The Bertz CT molecular complexity index is 335. The Hall–Kier alpha value is -0.810. The zero-order chi connectivity index (χ0) is 15.1. The van der Waals surface area contributed by atoms with E-state index in [-0.39, 0.29) is 27.0 Å². The molecule has 22 heavy (non-hydrogen) atoms. The summed E-state index contributed by atoms with van der Waals surface area (Å²) in [6.45, 7) is 9.34. The average molecular weight is 317 g/mol. The normalized spacial score (nSPS) is 37.3. The Morgan fingerprint density at radius 3 is 1.86 bits per heavy atom. The van der Waals surface area contributed by atoms with E-state index in [1.54, 1.807) is 0 Å². The predicted molar refractivity (Wildman–Crippen MR) is 90.8 cm³/mol. The van der Waals surface area contributed by atoms with Crippen LogP contribution in [0.1, 0.15) is 55.4 Å². The molecule has 132 valence electrons. The topological polar surface area (TPSA) is 87.5 Å². The average Bonchev–Trinajstić information content (AvgIpc) is 2.39. The van der Waals surface area contributed by atoms with E-state index in [2.05, 4.69) is 23.9 Å². The Labute approximate surface area is 135 Å². The first-order valence-corrected chi connectivity index (χ1v) is 7.39. The van der Waals surface area contributed by atoms with Gasteiger partial charge in [0, 0.05) is 4.91 Å². The SMILES string of the molecule is C.C.C[C@H]1C[C@H](C)[C@@H](O)CO1.C[C@H]1C[C@H](C)[C@H](N=[N+]=[N-])CO1. The van der Waals surface area contributed by atoms with E-state index in [1.165, 1.54) is 0 Å². The summed E-state index contributed by atoms with van der Waals surface area (Å²) in [6, 6.07) is 0.0381. The molecule has 2 aliphatic heterocycles. The van der Waals surface area contributed by atoms with Crippen LogP contribution >= 0.6 is 0 Å². The Kier molecular flexibility index (Phi) is 12.5. The number of nitrogens with zero attached hydrogens (tertiary/aromatic N) is 3. The van der Waals surface area contributed by atoms with Crippen molar-refractivity contribution in [2.45, 2.75) is 79.7 Å². The molecule has 0 aromatic carbocycles. The molecule has 6 nitrogen and oxygen atoms in total. The lowest BCUT2D eigenvalue weighted by atomic mass is 9.94. The van der Waals surface area contributed by atoms with E-state index in [9.17, 15) is 5.11 Å². The van der Waals surface area contributed by atoms with Crippen LogP contribution in [0.2, 0.25) is 0 Å². The minimum absolute atomic E-state index is 0. The largest absolute Gasteiger partial charge is 0.390 e. The van der Waals surface area contributed by atoms with Crippen molar-refractivity contribution < 1.29 is 14.6 Å². The highest BCUT2D eigenvalue weighted by atomic mass is 16.5. The molecule has 2 heterocycles. The molecule has 0 aliphatic carbocycles. The van der Waals surface area contributed by atoms with Gasteiger partial charge in [0.05, 0.1) is 37.6 Å². The fourth-order valence-corrected chi connectivity index (χ4v) is 2.57. The molecular formula is C16H35N3O3. The molecule has 0 radical (unpaired) electrons. The third-order valence-electron chi connectivity index (χ3n) is 4.02.